The Morgan fingerprint density at radius 2 is 2.10 bits per heavy atom. The van der Waals surface area contributed by atoms with Crippen molar-refractivity contribution in [3.8, 4) is 0 Å². The van der Waals surface area contributed by atoms with Gasteiger partial charge in [0.1, 0.15) is 5.82 Å². The smallest absolute Gasteiger partial charge is 0.318 e. The zero-order chi connectivity index (χ0) is 15.2. The third kappa shape index (κ3) is 4.80. The average Bonchev–Trinajstić information content (AvgIpc) is 2.45. The number of primary amides is 1. The Morgan fingerprint density at radius 1 is 1.38 bits per heavy atom. The van der Waals surface area contributed by atoms with Crippen LogP contribution in [0.2, 0.25) is 0 Å². The van der Waals surface area contributed by atoms with E-state index in [1.165, 1.54) is 12.1 Å². The number of amides is 3. The Kier molecular flexibility index (Phi) is 5.24. The minimum Gasteiger partial charge on any atom is -0.371 e. The highest BCUT2D eigenvalue weighted by molar-refractivity contribution is 5.93. The fraction of sp³-hybridized carbons (Fsp3) is 0.429. The second-order valence-electron chi connectivity index (χ2n) is 4.87. The van der Waals surface area contributed by atoms with Gasteiger partial charge in [-0.2, -0.15) is 0 Å². The van der Waals surface area contributed by atoms with Crippen molar-refractivity contribution in [1.82, 2.24) is 10.2 Å². The number of nitrogens with two attached hydrogens (primary N) is 1. The number of morpholine rings is 1. The molecule has 1 fully saturated rings. The normalized spacial score (nSPS) is 19.2. The number of nitrogens with one attached hydrogen (secondary N) is 1. The van der Waals surface area contributed by atoms with Crippen LogP contribution in [0.5, 0.6) is 0 Å². The zero-order valence-corrected chi connectivity index (χ0v) is 11.5. The summed E-state index contributed by atoms with van der Waals surface area (Å²) < 4.78 is 18.6. The molecule has 1 aliphatic rings. The van der Waals surface area contributed by atoms with Gasteiger partial charge in [-0.3, -0.25) is 15.0 Å². The van der Waals surface area contributed by atoms with Crippen LogP contribution in [-0.2, 0) is 9.53 Å². The van der Waals surface area contributed by atoms with Gasteiger partial charge in [0.2, 0.25) is 5.91 Å². The number of carbonyl (C=O) groups is 2. The number of rotatable bonds is 4. The number of hydrogen-bond donors (Lipinski definition) is 2. The number of halogens is 1. The van der Waals surface area contributed by atoms with Crippen LogP contribution >= 0.6 is 0 Å². The fourth-order valence-electron chi connectivity index (χ4n) is 2.24. The van der Waals surface area contributed by atoms with E-state index in [2.05, 4.69) is 4.90 Å². The standard InChI is InChI=1S/C14H18FN3O3/c15-11-3-1-10(2-4-11)12-9-18(7-8-21-12)6-5-13(19)17-14(16)20/h1-4,12H,5-9H2,(H3,16,17,19,20). The molecule has 1 aliphatic heterocycles. The van der Waals surface area contributed by atoms with Crippen LogP contribution in [0.15, 0.2) is 24.3 Å². The molecule has 6 nitrogen and oxygen atoms in total. The molecule has 114 valence electrons. The Bertz CT molecular complexity index is 507. The van der Waals surface area contributed by atoms with Crippen LogP contribution in [0.4, 0.5) is 9.18 Å². The maximum atomic E-state index is 12.9. The topological polar surface area (TPSA) is 84.7 Å². The predicted molar refractivity (Wildman–Crippen MR) is 73.9 cm³/mol. The van der Waals surface area contributed by atoms with Crippen molar-refractivity contribution in [3.63, 3.8) is 0 Å². The van der Waals surface area contributed by atoms with Crippen molar-refractivity contribution < 1.29 is 18.7 Å². The number of imide groups is 1. The van der Waals surface area contributed by atoms with Crippen LogP contribution in [0, 0.1) is 5.82 Å². The first kappa shape index (κ1) is 15.4. The van der Waals surface area contributed by atoms with Gasteiger partial charge in [0.15, 0.2) is 0 Å². The van der Waals surface area contributed by atoms with E-state index in [4.69, 9.17) is 10.5 Å². The van der Waals surface area contributed by atoms with Crippen molar-refractivity contribution >= 4 is 11.9 Å². The zero-order valence-electron chi connectivity index (χ0n) is 11.5. The summed E-state index contributed by atoms with van der Waals surface area (Å²) in [6.45, 7) is 2.39. The first-order valence-corrected chi connectivity index (χ1v) is 6.73. The van der Waals surface area contributed by atoms with Crippen molar-refractivity contribution in [3.05, 3.63) is 35.6 Å². The molecule has 3 amide bonds. The van der Waals surface area contributed by atoms with E-state index in [1.807, 2.05) is 5.32 Å². The van der Waals surface area contributed by atoms with E-state index in [0.29, 0.717) is 26.2 Å². The molecule has 3 N–H and O–H groups in total. The quantitative estimate of drug-likeness (QED) is 0.860. The summed E-state index contributed by atoms with van der Waals surface area (Å²) in [6, 6.07) is 5.36. The molecule has 1 atom stereocenters. The van der Waals surface area contributed by atoms with Gasteiger partial charge in [0.05, 0.1) is 12.7 Å². The lowest BCUT2D eigenvalue weighted by Gasteiger charge is -2.33. The van der Waals surface area contributed by atoms with Gasteiger partial charge in [-0.05, 0) is 17.7 Å². The van der Waals surface area contributed by atoms with Gasteiger partial charge in [-0.1, -0.05) is 12.1 Å². The van der Waals surface area contributed by atoms with Gasteiger partial charge < -0.3 is 10.5 Å². The molecule has 0 aliphatic carbocycles. The molecule has 0 saturated carbocycles. The summed E-state index contributed by atoms with van der Waals surface area (Å²) in [6.07, 6.45) is 0.0533. The van der Waals surface area contributed by atoms with Crippen LogP contribution < -0.4 is 11.1 Å². The molecule has 7 heteroatoms. The maximum absolute atomic E-state index is 12.9. The van der Waals surface area contributed by atoms with Crippen molar-refractivity contribution in [2.75, 3.05) is 26.2 Å². The summed E-state index contributed by atoms with van der Waals surface area (Å²) in [5.41, 5.74) is 5.78. The molecule has 0 bridgehead atoms. The van der Waals surface area contributed by atoms with Crippen molar-refractivity contribution in [1.29, 1.82) is 0 Å². The summed E-state index contributed by atoms with van der Waals surface area (Å²) in [5, 5.41) is 2.03. The summed E-state index contributed by atoms with van der Waals surface area (Å²) in [4.78, 5) is 24.0. The van der Waals surface area contributed by atoms with E-state index in [1.54, 1.807) is 12.1 Å². The van der Waals surface area contributed by atoms with Gasteiger partial charge in [-0.25, -0.2) is 9.18 Å². The molecule has 0 aromatic heterocycles. The molecule has 1 heterocycles. The Morgan fingerprint density at radius 3 is 2.76 bits per heavy atom. The number of hydrogen-bond acceptors (Lipinski definition) is 4. The van der Waals surface area contributed by atoms with E-state index in [9.17, 15) is 14.0 Å². The Labute approximate surface area is 122 Å². The fourth-order valence-corrected chi connectivity index (χ4v) is 2.24. The lowest BCUT2D eigenvalue weighted by Crippen LogP contribution is -2.41. The molecule has 0 radical (unpaired) electrons. The molecule has 1 aromatic rings. The second kappa shape index (κ2) is 7.14. The first-order chi connectivity index (χ1) is 10.0. The number of urea groups is 1. The monoisotopic (exact) mass is 295 g/mol. The number of benzene rings is 1. The van der Waals surface area contributed by atoms with Crippen LogP contribution in [0.3, 0.4) is 0 Å². The lowest BCUT2D eigenvalue weighted by molar-refractivity contribution is -0.120. The average molecular weight is 295 g/mol. The van der Waals surface area contributed by atoms with Crippen molar-refractivity contribution in [2.24, 2.45) is 5.73 Å². The van der Waals surface area contributed by atoms with Crippen LogP contribution in [0.1, 0.15) is 18.1 Å². The van der Waals surface area contributed by atoms with E-state index in [-0.39, 0.29) is 18.3 Å². The third-order valence-electron chi connectivity index (χ3n) is 3.31. The third-order valence-corrected chi connectivity index (χ3v) is 3.31. The maximum Gasteiger partial charge on any atom is 0.318 e. The highest BCUT2D eigenvalue weighted by Crippen LogP contribution is 2.22. The minimum absolute atomic E-state index is 0.140. The molecular formula is C14H18FN3O3. The van der Waals surface area contributed by atoms with E-state index < -0.39 is 11.9 Å². The summed E-state index contributed by atoms with van der Waals surface area (Å²) in [5.74, 6) is -0.679. The SMILES string of the molecule is NC(=O)NC(=O)CCN1CCOC(c2ccc(F)cc2)C1. The van der Waals surface area contributed by atoms with Gasteiger partial charge in [0, 0.05) is 26.1 Å². The highest BCUT2D eigenvalue weighted by Gasteiger charge is 2.22. The van der Waals surface area contributed by atoms with Crippen LogP contribution in [0.25, 0.3) is 0 Å². The van der Waals surface area contributed by atoms with Crippen molar-refractivity contribution in [2.45, 2.75) is 12.5 Å². The minimum atomic E-state index is -0.842. The first-order valence-electron chi connectivity index (χ1n) is 6.73. The summed E-state index contributed by atoms with van der Waals surface area (Å²) in [7, 11) is 0. The lowest BCUT2D eigenvalue weighted by atomic mass is 10.1. The number of carbonyl (C=O) groups excluding carboxylic acids is 2. The Balaban J connectivity index is 1.84. The molecule has 0 spiro atoms. The molecule has 1 saturated heterocycles. The molecule has 2 rings (SSSR count). The number of ether oxygens (including phenoxy) is 1. The highest BCUT2D eigenvalue weighted by atomic mass is 19.1. The van der Waals surface area contributed by atoms with E-state index >= 15 is 0 Å². The largest absolute Gasteiger partial charge is 0.371 e. The molecule has 1 unspecified atom stereocenters. The number of nitrogens with zero attached hydrogens (tertiary/aromatic N) is 1. The molecular weight excluding hydrogens is 277 g/mol. The Hall–Kier alpha value is -1.99. The van der Waals surface area contributed by atoms with Gasteiger partial charge in [-0.15, -0.1) is 0 Å². The molecule has 1 aromatic carbocycles. The van der Waals surface area contributed by atoms with Gasteiger partial charge in [0.25, 0.3) is 0 Å². The van der Waals surface area contributed by atoms with E-state index in [0.717, 1.165) is 5.56 Å². The van der Waals surface area contributed by atoms with Gasteiger partial charge >= 0.3 is 6.03 Å². The van der Waals surface area contributed by atoms with Crippen LogP contribution in [-0.4, -0.2) is 43.1 Å². The summed E-state index contributed by atoms with van der Waals surface area (Å²) >= 11 is 0. The molecule has 21 heavy (non-hydrogen) atoms. The second-order valence-corrected chi connectivity index (χ2v) is 4.87. The predicted octanol–water partition coefficient (Wildman–Crippen LogP) is 0.784.